The number of amides is 3. The molecule has 3 amide bonds. The summed E-state index contributed by atoms with van der Waals surface area (Å²) in [5.41, 5.74) is 0.228. The Labute approximate surface area is 99.8 Å². The molecule has 3 N–H and O–H groups in total. The van der Waals surface area contributed by atoms with Crippen LogP contribution in [0.3, 0.4) is 0 Å². The molecule has 1 unspecified atom stereocenters. The predicted octanol–water partition coefficient (Wildman–Crippen LogP) is -0.0282. The molecule has 1 atom stereocenters. The second-order valence-electron chi connectivity index (χ2n) is 3.82. The fraction of sp³-hybridized carbons (Fsp3) is 0.364. The second-order valence-corrected chi connectivity index (χ2v) is 3.82. The molecule has 0 aliphatic heterocycles. The summed E-state index contributed by atoms with van der Waals surface area (Å²) in [5, 5.41) is 7.77. The molecule has 1 rings (SSSR count). The minimum Gasteiger partial charge on any atom is -0.327 e. The van der Waals surface area contributed by atoms with Gasteiger partial charge in [0.1, 0.15) is 0 Å². The van der Waals surface area contributed by atoms with Crippen molar-refractivity contribution < 1.29 is 9.59 Å². The molecule has 0 radical (unpaired) electrons. The number of nitrogens with one attached hydrogen (secondary N) is 3. The highest BCUT2D eigenvalue weighted by molar-refractivity contribution is 5.84. The largest absolute Gasteiger partial charge is 0.327 e. The number of carbonyl (C=O) groups excluding carboxylic acids is 2. The molecule has 0 aliphatic carbocycles. The highest BCUT2D eigenvalue weighted by atomic mass is 16.2. The molecule has 0 aliphatic rings. The van der Waals surface area contributed by atoms with Gasteiger partial charge in [-0.05, 0) is 25.6 Å². The Morgan fingerprint density at radius 1 is 1.59 bits per heavy atom. The third-order valence-electron chi connectivity index (χ3n) is 2.41. The van der Waals surface area contributed by atoms with Gasteiger partial charge in [0.25, 0.3) is 0 Å². The van der Waals surface area contributed by atoms with Crippen LogP contribution in [-0.2, 0) is 10.3 Å². The Balaban J connectivity index is 2.89. The van der Waals surface area contributed by atoms with E-state index in [-0.39, 0.29) is 0 Å². The van der Waals surface area contributed by atoms with Crippen LogP contribution in [0.1, 0.15) is 12.5 Å². The first-order chi connectivity index (χ1) is 8.12. The fourth-order valence-electron chi connectivity index (χ4n) is 1.60. The van der Waals surface area contributed by atoms with Gasteiger partial charge in [-0.3, -0.25) is 15.1 Å². The molecular weight excluding hydrogens is 220 g/mol. The van der Waals surface area contributed by atoms with E-state index in [2.05, 4.69) is 20.9 Å². The van der Waals surface area contributed by atoms with Crippen LogP contribution >= 0.6 is 0 Å². The third kappa shape index (κ3) is 3.53. The molecule has 1 aromatic rings. The number of likely N-dealkylation sites (N-methyl/N-ethyl adjacent to an activating group) is 1. The van der Waals surface area contributed by atoms with E-state index < -0.39 is 11.6 Å². The first-order valence-electron chi connectivity index (χ1n) is 5.20. The number of nitrogens with zero attached hydrogens (tertiary/aromatic N) is 1. The number of rotatable bonds is 5. The lowest BCUT2D eigenvalue weighted by atomic mass is 9.93. The summed E-state index contributed by atoms with van der Waals surface area (Å²) in [6, 6.07) is 3.12. The zero-order valence-corrected chi connectivity index (χ0v) is 9.86. The topological polar surface area (TPSA) is 83.1 Å². The molecule has 92 valence electrons. The average molecular weight is 236 g/mol. The fourth-order valence-corrected chi connectivity index (χ4v) is 1.60. The van der Waals surface area contributed by atoms with Crippen LogP contribution < -0.4 is 16.0 Å². The van der Waals surface area contributed by atoms with Crippen LogP contribution in [0.25, 0.3) is 0 Å². The predicted molar refractivity (Wildman–Crippen MR) is 63.2 cm³/mol. The molecular formula is C11H16N4O2. The SMILES string of the molecule is CNCC(C)(NC(=O)NC=O)c1cccnc1. The Kier molecular flexibility index (Phi) is 4.59. The summed E-state index contributed by atoms with van der Waals surface area (Å²) in [6.07, 6.45) is 3.69. The van der Waals surface area contributed by atoms with Gasteiger partial charge in [-0.25, -0.2) is 4.79 Å². The molecule has 0 saturated carbocycles. The van der Waals surface area contributed by atoms with E-state index in [1.165, 1.54) is 0 Å². The average Bonchev–Trinajstić information content (AvgIpc) is 2.30. The van der Waals surface area contributed by atoms with Crippen molar-refractivity contribution in [3.63, 3.8) is 0 Å². The number of hydrogen-bond donors (Lipinski definition) is 3. The molecule has 0 saturated heterocycles. The van der Waals surface area contributed by atoms with Crippen LogP contribution in [0.5, 0.6) is 0 Å². The van der Waals surface area contributed by atoms with Crippen molar-refractivity contribution in [1.82, 2.24) is 20.9 Å². The van der Waals surface area contributed by atoms with Crippen LogP contribution in [0.15, 0.2) is 24.5 Å². The van der Waals surface area contributed by atoms with Crippen LogP contribution in [0.4, 0.5) is 4.79 Å². The van der Waals surface area contributed by atoms with Crippen LogP contribution in [-0.4, -0.2) is 31.0 Å². The maximum absolute atomic E-state index is 11.4. The third-order valence-corrected chi connectivity index (χ3v) is 2.41. The molecule has 0 aromatic carbocycles. The number of hydrogen-bond acceptors (Lipinski definition) is 4. The van der Waals surface area contributed by atoms with E-state index >= 15 is 0 Å². The van der Waals surface area contributed by atoms with Crippen molar-refractivity contribution >= 4 is 12.4 Å². The van der Waals surface area contributed by atoms with Crippen molar-refractivity contribution in [2.24, 2.45) is 0 Å². The summed E-state index contributed by atoms with van der Waals surface area (Å²) >= 11 is 0. The van der Waals surface area contributed by atoms with E-state index in [1.54, 1.807) is 25.5 Å². The van der Waals surface area contributed by atoms with E-state index in [4.69, 9.17) is 0 Å². The van der Waals surface area contributed by atoms with Gasteiger partial charge in [-0.15, -0.1) is 0 Å². The second kappa shape index (κ2) is 5.95. The lowest BCUT2D eigenvalue weighted by Gasteiger charge is -2.30. The standard InChI is InChI=1S/C11H16N4O2/c1-11(7-12-2,15-10(17)14-8-16)9-4-3-5-13-6-9/h3-6,8,12H,7H2,1-2H3,(H2,14,15,16,17). The van der Waals surface area contributed by atoms with Crippen molar-refractivity contribution in [3.8, 4) is 0 Å². The normalized spacial score (nSPS) is 13.5. The first kappa shape index (κ1) is 13.1. The minimum absolute atomic E-state index is 0.346. The number of pyridine rings is 1. The minimum atomic E-state index is -0.629. The molecule has 1 heterocycles. The summed E-state index contributed by atoms with van der Waals surface area (Å²) in [7, 11) is 1.79. The zero-order chi connectivity index (χ0) is 12.7. The van der Waals surface area contributed by atoms with Crippen LogP contribution in [0, 0.1) is 0 Å². The molecule has 0 fully saturated rings. The van der Waals surface area contributed by atoms with Gasteiger partial charge in [0.2, 0.25) is 6.41 Å². The molecule has 1 aromatic heterocycles. The molecule has 6 heteroatoms. The van der Waals surface area contributed by atoms with Gasteiger partial charge >= 0.3 is 6.03 Å². The van der Waals surface area contributed by atoms with E-state index in [0.717, 1.165) is 5.56 Å². The molecule has 6 nitrogen and oxygen atoms in total. The summed E-state index contributed by atoms with van der Waals surface area (Å²) in [5.74, 6) is 0. The first-order valence-corrected chi connectivity index (χ1v) is 5.20. The molecule has 0 spiro atoms. The van der Waals surface area contributed by atoms with Gasteiger partial charge in [-0.1, -0.05) is 6.07 Å². The quantitative estimate of drug-likeness (QED) is 0.627. The van der Waals surface area contributed by atoms with Crippen molar-refractivity contribution in [2.75, 3.05) is 13.6 Å². The van der Waals surface area contributed by atoms with Gasteiger partial charge in [0.05, 0.1) is 5.54 Å². The highest BCUT2D eigenvalue weighted by Gasteiger charge is 2.27. The number of imide groups is 1. The number of urea groups is 1. The summed E-state index contributed by atoms with van der Waals surface area (Å²) in [4.78, 5) is 25.6. The van der Waals surface area contributed by atoms with Crippen molar-refractivity contribution in [2.45, 2.75) is 12.5 Å². The van der Waals surface area contributed by atoms with Crippen molar-refractivity contribution in [3.05, 3.63) is 30.1 Å². The van der Waals surface area contributed by atoms with E-state index in [9.17, 15) is 9.59 Å². The highest BCUT2D eigenvalue weighted by Crippen LogP contribution is 2.18. The Bertz CT molecular complexity index is 382. The van der Waals surface area contributed by atoms with E-state index in [1.807, 2.05) is 13.0 Å². The maximum Gasteiger partial charge on any atom is 0.321 e. The summed E-state index contributed by atoms with van der Waals surface area (Å²) in [6.45, 7) is 2.37. The Morgan fingerprint density at radius 2 is 2.35 bits per heavy atom. The molecule has 17 heavy (non-hydrogen) atoms. The maximum atomic E-state index is 11.4. The van der Waals surface area contributed by atoms with Gasteiger partial charge in [0, 0.05) is 18.9 Å². The molecule has 0 bridgehead atoms. The van der Waals surface area contributed by atoms with Gasteiger partial charge < -0.3 is 10.6 Å². The Hall–Kier alpha value is -1.95. The lowest BCUT2D eigenvalue weighted by Crippen LogP contribution is -2.52. The van der Waals surface area contributed by atoms with Gasteiger partial charge in [-0.2, -0.15) is 0 Å². The Morgan fingerprint density at radius 3 is 2.88 bits per heavy atom. The monoisotopic (exact) mass is 236 g/mol. The van der Waals surface area contributed by atoms with E-state index in [0.29, 0.717) is 13.0 Å². The smallest absolute Gasteiger partial charge is 0.321 e. The zero-order valence-electron chi connectivity index (χ0n) is 9.86. The van der Waals surface area contributed by atoms with Gasteiger partial charge in [0.15, 0.2) is 0 Å². The van der Waals surface area contributed by atoms with Crippen molar-refractivity contribution in [1.29, 1.82) is 0 Å². The van der Waals surface area contributed by atoms with Crippen LogP contribution in [0.2, 0.25) is 0 Å². The summed E-state index contributed by atoms with van der Waals surface area (Å²) < 4.78 is 0. The lowest BCUT2D eigenvalue weighted by molar-refractivity contribution is -0.108. The number of aromatic nitrogens is 1. The number of carbonyl (C=O) groups is 2.